The van der Waals surface area contributed by atoms with E-state index in [0.29, 0.717) is 17.2 Å². The summed E-state index contributed by atoms with van der Waals surface area (Å²) in [6.45, 7) is 0. The fraction of sp³-hybridized carbons (Fsp3) is 0.111. The first kappa shape index (κ1) is 18.1. The summed E-state index contributed by atoms with van der Waals surface area (Å²) < 4.78 is 23.6. The number of benzene rings is 2. The zero-order valence-electron chi connectivity index (χ0n) is 14.1. The molecule has 0 bridgehead atoms. The summed E-state index contributed by atoms with van der Waals surface area (Å²) >= 11 is 0. The molecule has 3 aromatic rings. The van der Waals surface area contributed by atoms with Crippen molar-refractivity contribution in [2.24, 2.45) is 0 Å². The summed E-state index contributed by atoms with van der Waals surface area (Å²) in [6.07, 6.45) is -0.106. The average molecular weight is 371 g/mol. The number of hydrogen-bond donors (Lipinski definition) is 1. The number of rotatable bonds is 6. The smallest absolute Gasteiger partial charge is 0.306 e. The molecule has 0 aliphatic heterocycles. The Morgan fingerprint density at radius 1 is 1.26 bits per heavy atom. The number of methoxy groups -OCH3 is 1. The number of anilines is 1. The predicted octanol–water partition coefficient (Wildman–Crippen LogP) is 3.58. The zero-order chi connectivity index (χ0) is 19.4. The van der Waals surface area contributed by atoms with Gasteiger partial charge in [-0.05, 0) is 36.4 Å². The lowest BCUT2D eigenvalue weighted by Crippen LogP contribution is -2.14. The molecule has 0 spiro atoms. The van der Waals surface area contributed by atoms with E-state index in [1.54, 1.807) is 37.4 Å². The van der Waals surface area contributed by atoms with Gasteiger partial charge in [-0.3, -0.25) is 14.9 Å². The van der Waals surface area contributed by atoms with Crippen molar-refractivity contribution in [2.75, 3.05) is 12.4 Å². The van der Waals surface area contributed by atoms with Crippen molar-refractivity contribution in [3.8, 4) is 17.1 Å². The molecule has 1 aromatic heterocycles. The predicted molar refractivity (Wildman–Crippen MR) is 93.9 cm³/mol. The Bertz CT molecular complexity index is 985. The minimum Gasteiger partial charge on any atom is -0.497 e. The van der Waals surface area contributed by atoms with E-state index < -0.39 is 22.3 Å². The monoisotopic (exact) mass is 371 g/mol. The number of nitro benzene ring substituents is 1. The minimum absolute atomic E-state index is 0.106. The van der Waals surface area contributed by atoms with Crippen molar-refractivity contribution >= 4 is 17.3 Å². The van der Waals surface area contributed by atoms with E-state index in [-0.39, 0.29) is 12.1 Å². The molecule has 0 aliphatic rings. The highest BCUT2D eigenvalue weighted by atomic mass is 19.1. The van der Waals surface area contributed by atoms with Gasteiger partial charge in [-0.1, -0.05) is 5.16 Å². The maximum atomic E-state index is 13.3. The van der Waals surface area contributed by atoms with Crippen molar-refractivity contribution in [3.63, 3.8) is 0 Å². The number of nitrogens with zero attached hydrogens (tertiary/aromatic N) is 2. The number of hydrogen-bond acceptors (Lipinski definition) is 6. The van der Waals surface area contributed by atoms with Gasteiger partial charge >= 0.3 is 5.69 Å². The van der Waals surface area contributed by atoms with E-state index in [1.807, 2.05) is 0 Å². The first-order chi connectivity index (χ1) is 13.0. The molecular weight excluding hydrogens is 357 g/mol. The summed E-state index contributed by atoms with van der Waals surface area (Å²) in [4.78, 5) is 22.0. The van der Waals surface area contributed by atoms with Gasteiger partial charge < -0.3 is 14.6 Å². The van der Waals surface area contributed by atoms with Gasteiger partial charge in [0, 0.05) is 23.4 Å². The minimum atomic E-state index is -0.973. The van der Waals surface area contributed by atoms with Crippen LogP contribution in [-0.2, 0) is 11.2 Å². The molecular formula is C18H14FN3O5. The van der Waals surface area contributed by atoms with Crippen LogP contribution in [0.25, 0.3) is 11.3 Å². The lowest BCUT2D eigenvalue weighted by atomic mass is 10.1. The molecule has 0 atom stereocenters. The molecule has 0 saturated carbocycles. The Morgan fingerprint density at radius 3 is 2.67 bits per heavy atom. The molecule has 1 heterocycles. The summed E-state index contributed by atoms with van der Waals surface area (Å²) in [5, 5.41) is 17.1. The first-order valence-corrected chi connectivity index (χ1v) is 7.80. The van der Waals surface area contributed by atoms with Gasteiger partial charge in [0.1, 0.15) is 5.75 Å². The Labute approximate surface area is 152 Å². The second-order valence-corrected chi connectivity index (χ2v) is 5.56. The number of carbonyl (C=O) groups is 1. The van der Waals surface area contributed by atoms with Crippen molar-refractivity contribution in [1.82, 2.24) is 5.16 Å². The third-order valence-corrected chi connectivity index (χ3v) is 3.70. The van der Waals surface area contributed by atoms with E-state index in [9.17, 15) is 19.3 Å². The van der Waals surface area contributed by atoms with E-state index >= 15 is 0 Å². The summed E-state index contributed by atoms with van der Waals surface area (Å²) in [5.41, 5.74) is 0.557. The van der Waals surface area contributed by atoms with Crippen molar-refractivity contribution in [1.29, 1.82) is 0 Å². The molecule has 0 saturated heterocycles. The number of halogens is 1. The lowest BCUT2D eigenvalue weighted by Gasteiger charge is -2.04. The van der Waals surface area contributed by atoms with Crippen LogP contribution >= 0.6 is 0 Å². The molecule has 27 heavy (non-hydrogen) atoms. The number of carbonyl (C=O) groups excluding carboxylic acids is 1. The fourth-order valence-electron chi connectivity index (χ4n) is 2.39. The van der Waals surface area contributed by atoms with Gasteiger partial charge in [-0.15, -0.1) is 0 Å². The van der Waals surface area contributed by atoms with Gasteiger partial charge in [0.05, 0.1) is 24.1 Å². The molecule has 0 aliphatic carbocycles. The molecule has 3 rings (SSSR count). The largest absolute Gasteiger partial charge is 0.497 e. The second kappa shape index (κ2) is 7.65. The van der Waals surface area contributed by atoms with E-state index in [1.165, 1.54) is 6.07 Å². The van der Waals surface area contributed by atoms with Crippen LogP contribution in [0.2, 0.25) is 0 Å². The Kier molecular flexibility index (Phi) is 5.11. The number of nitrogens with one attached hydrogen (secondary N) is 1. The molecule has 1 amide bonds. The topological polar surface area (TPSA) is 108 Å². The van der Waals surface area contributed by atoms with E-state index in [2.05, 4.69) is 10.5 Å². The molecule has 0 radical (unpaired) electrons. The third kappa shape index (κ3) is 4.27. The molecule has 8 nitrogen and oxygen atoms in total. The van der Waals surface area contributed by atoms with Crippen molar-refractivity contribution in [2.45, 2.75) is 6.42 Å². The van der Waals surface area contributed by atoms with Crippen LogP contribution in [0.1, 0.15) is 5.69 Å². The highest BCUT2D eigenvalue weighted by molar-refractivity contribution is 5.92. The number of nitro groups is 1. The summed E-state index contributed by atoms with van der Waals surface area (Å²) in [5.74, 6) is -0.256. The van der Waals surface area contributed by atoms with Crippen LogP contribution in [0.3, 0.4) is 0 Å². The second-order valence-electron chi connectivity index (χ2n) is 5.56. The number of amides is 1. The van der Waals surface area contributed by atoms with Crippen molar-refractivity contribution in [3.05, 3.63) is 70.2 Å². The Morgan fingerprint density at radius 2 is 2.00 bits per heavy atom. The molecule has 138 valence electrons. The quantitative estimate of drug-likeness (QED) is 0.524. The average Bonchev–Trinajstić information content (AvgIpc) is 3.11. The van der Waals surface area contributed by atoms with Gasteiger partial charge in [0.15, 0.2) is 5.76 Å². The zero-order valence-corrected chi connectivity index (χ0v) is 14.1. The SMILES string of the molecule is COc1ccc(-c2cc(CC(=O)Nc3ccc(F)c([N+](=O)[O-])c3)no2)cc1. The number of ether oxygens (including phenoxy) is 1. The van der Waals surface area contributed by atoms with E-state index in [0.717, 1.165) is 17.7 Å². The van der Waals surface area contributed by atoms with Crippen LogP contribution in [0.15, 0.2) is 53.1 Å². The summed E-state index contributed by atoms with van der Waals surface area (Å²) in [6, 6.07) is 11.9. The molecule has 9 heteroatoms. The van der Waals surface area contributed by atoms with Crippen LogP contribution in [0.5, 0.6) is 5.75 Å². The molecule has 2 aromatic carbocycles. The summed E-state index contributed by atoms with van der Waals surface area (Å²) in [7, 11) is 1.57. The van der Waals surface area contributed by atoms with Gasteiger partial charge in [-0.2, -0.15) is 4.39 Å². The fourth-order valence-corrected chi connectivity index (χ4v) is 2.39. The molecule has 0 fully saturated rings. The van der Waals surface area contributed by atoms with Gasteiger partial charge in [0.2, 0.25) is 11.7 Å². The molecule has 0 unspecified atom stereocenters. The van der Waals surface area contributed by atoms with Crippen LogP contribution in [-0.4, -0.2) is 23.1 Å². The highest BCUT2D eigenvalue weighted by Crippen LogP contribution is 2.24. The highest BCUT2D eigenvalue weighted by Gasteiger charge is 2.16. The third-order valence-electron chi connectivity index (χ3n) is 3.70. The van der Waals surface area contributed by atoms with Crippen LogP contribution in [0.4, 0.5) is 15.8 Å². The first-order valence-electron chi connectivity index (χ1n) is 7.80. The maximum Gasteiger partial charge on any atom is 0.306 e. The van der Waals surface area contributed by atoms with Gasteiger partial charge in [-0.25, -0.2) is 0 Å². The van der Waals surface area contributed by atoms with Crippen LogP contribution < -0.4 is 10.1 Å². The van der Waals surface area contributed by atoms with Gasteiger partial charge in [0.25, 0.3) is 0 Å². The van der Waals surface area contributed by atoms with Crippen molar-refractivity contribution < 1.29 is 23.4 Å². The molecule has 1 N–H and O–H groups in total. The maximum absolute atomic E-state index is 13.3. The lowest BCUT2D eigenvalue weighted by molar-refractivity contribution is -0.387. The number of aromatic nitrogens is 1. The van der Waals surface area contributed by atoms with Crippen LogP contribution in [0, 0.1) is 15.9 Å². The Hall–Kier alpha value is -3.75. The van der Waals surface area contributed by atoms with E-state index in [4.69, 9.17) is 9.26 Å². The Balaban J connectivity index is 1.67. The normalized spacial score (nSPS) is 10.4. The standard InChI is InChI=1S/C18H14FN3O5/c1-26-14-5-2-11(3-6-14)17-9-13(21-27-17)10-18(23)20-12-4-7-15(19)16(8-12)22(24)25/h2-9H,10H2,1H3,(H,20,23).